The summed E-state index contributed by atoms with van der Waals surface area (Å²) in [5.41, 5.74) is 1.96. The van der Waals surface area contributed by atoms with Gasteiger partial charge in [0.25, 0.3) is 0 Å². The molecule has 1 aromatic heterocycles. The van der Waals surface area contributed by atoms with Crippen molar-refractivity contribution in [3.8, 4) is 0 Å². The van der Waals surface area contributed by atoms with Crippen LogP contribution in [-0.4, -0.2) is 25.7 Å². The van der Waals surface area contributed by atoms with Crippen molar-refractivity contribution in [2.24, 2.45) is 0 Å². The number of methoxy groups -OCH3 is 1. The van der Waals surface area contributed by atoms with Crippen LogP contribution in [0, 0.1) is 6.92 Å². The van der Waals surface area contributed by atoms with Gasteiger partial charge in [-0.3, -0.25) is 0 Å². The molecule has 6 heteroatoms. The molecular formula is C17H21NO5. The molecule has 0 saturated heterocycles. The zero-order valence-electron chi connectivity index (χ0n) is 14.0. The summed E-state index contributed by atoms with van der Waals surface area (Å²) in [5.74, 6) is -0.447. The fourth-order valence-corrected chi connectivity index (χ4v) is 2.75. The highest BCUT2D eigenvalue weighted by Gasteiger charge is 2.39. The Morgan fingerprint density at radius 2 is 1.74 bits per heavy atom. The molecule has 0 radical (unpaired) electrons. The number of dihydropyridines is 1. The Bertz CT molecular complexity index is 696. The van der Waals surface area contributed by atoms with Crippen LogP contribution in [0.5, 0.6) is 0 Å². The van der Waals surface area contributed by atoms with Crippen LogP contribution in [0.4, 0.5) is 0 Å². The van der Waals surface area contributed by atoms with Crippen LogP contribution in [-0.2, 0) is 19.1 Å². The monoisotopic (exact) mass is 319 g/mol. The lowest BCUT2D eigenvalue weighted by Crippen LogP contribution is -2.32. The van der Waals surface area contributed by atoms with Gasteiger partial charge >= 0.3 is 11.9 Å². The molecule has 0 unspecified atom stereocenters. The third kappa shape index (κ3) is 3.16. The first-order valence-electron chi connectivity index (χ1n) is 7.41. The number of rotatable bonds is 4. The minimum atomic E-state index is -0.656. The second-order valence-electron chi connectivity index (χ2n) is 5.30. The third-order valence-electron chi connectivity index (χ3n) is 3.71. The predicted molar refractivity (Wildman–Crippen MR) is 83.4 cm³/mol. The van der Waals surface area contributed by atoms with Gasteiger partial charge in [0.05, 0.1) is 30.8 Å². The summed E-state index contributed by atoms with van der Waals surface area (Å²) in [7, 11) is 1.31. The zero-order valence-corrected chi connectivity index (χ0v) is 14.0. The Hall–Kier alpha value is -2.50. The molecule has 0 aromatic carbocycles. The van der Waals surface area contributed by atoms with Crippen molar-refractivity contribution >= 4 is 11.9 Å². The van der Waals surface area contributed by atoms with Crippen LogP contribution >= 0.6 is 0 Å². The fourth-order valence-electron chi connectivity index (χ4n) is 2.75. The molecule has 23 heavy (non-hydrogen) atoms. The van der Waals surface area contributed by atoms with Crippen molar-refractivity contribution in [3.05, 3.63) is 46.2 Å². The molecule has 1 aliphatic heterocycles. The quantitative estimate of drug-likeness (QED) is 0.859. The number of carbonyl (C=O) groups is 2. The molecule has 1 N–H and O–H groups in total. The van der Waals surface area contributed by atoms with Gasteiger partial charge in [-0.05, 0) is 39.8 Å². The number of carbonyl (C=O) groups excluding carboxylic acids is 2. The number of nitrogens with one attached hydrogen (secondary N) is 1. The Kier molecular flexibility index (Phi) is 4.93. The summed E-state index contributed by atoms with van der Waals surface area (Å²) in [4.78, 5) is 24.7. The molecule has 6 nitrogen and oxygen atoms in total. The Morgan fingerprint density at radius 1 is 1.13 bits per heavy atom. The van der Waals surface area contributed by atoms with E-state index in [2.05, 4.69) is 5.32 Å². The van der Waals surface area contributed by atoms with Crippen molar-refractivity contribution in [2.45, 2.75) is 33.6 Å². The van der Waals surface area contributed by atoms with E-state index in [4.69, 9.17) is 13.9 Å². The summed E-state index contributed by atoms with van der Waals surface area (Å²) < 4.78 is 15.7. The van der Waals surface area contributed by atoms with Crippen molar-refractivity contribution in [1.82, 2.24) is 5.32 Å². The second kappa shape index (κ2) is 6.73. The molecule has 2 heterocycles. The highest BCUT2D eigenvalue weighted by Crippen LogP contribution is 2.39. The summed E-state index contributed by atoms with van der Waals surface area (Å²) in [6.07, 6.45) is 0. The van der Waals surface area contributed by atoms with E-state index in [-0.39, 0.29) is 6.61 Å². The van der Waals surface area contributed by atoms with E-state index in [9.17, 15) is 9.59 Å². The molecule has 0 fully saturated rings. The van der Waals surface area contributed by atoms with Gasteiger partial charge in [0, 0.05) is 11.4 Å². The zero-order chi connectivity index (χ0) is 17.1. The number of ether oxygens (including phenoxy) is 2. The normalized spacial score (nSPS) is 17.9. The van der Waals surface area contributed by atoms with E-state index < -0.39 is 17.9 Å². The third-order valence-corrected chi connectivity index (χ3v) is 3.71. The first-order chi connectivity index (χ1) is 10.9. The highest BCUT2D eigenvalue weighted by molar-refractivity contribution is 5.99. The molecule has 0 spiro atoms. The average molecular weight is 319 g/mol. The summed E-state index contributed by atoms with van der Waals surface area (Å²) in [6, 6.07) is 3.55. The number of hydrogen-bond acceptors (Lipinski definition) is 6. The first-order valence-corrected chi connectivity index (χ1v) is 7.41. The average Bonchev–Trinajstić information content (AvgIpc) is 2.92. The van der Waals surface area contributed by atoms with Crippen molar-refractivity contribution < 1.29 is 23.5 Å². The van der Waals surface area contributed by atoms with Gasteiger partial charge < -0.3 is 19.2 Å². The minimum Gasteiger partial charge on any atom is -0.466 e. The number of esters is 2. The van der Waals surface area contributed by atoms with Gasteiger partial charge in [0.2, 0.25) is 0 Å². The maximum absolute atomic E-state index is 12.4. The topological polar surface area (TPSA) is 77.8 Å². The van der Waals surface area contributed by atoms with E-state index >= 15 is 0 Å². The van der Waals surface area contributed by atoms with Gasteiger partial charge in [0.1, 0.15) is 11.5 Å². The first kappa shape index (κ1) is 16.9. The van der Waals surface area contributed by atoms with E-state index in [0.717, 1.165) is 0 Å². The molecule has 0 bridgehead atoms. The summed E-state index contributed by atoms with van der Waals surface area (Å²) >= 11 is 0. The van der Waals surface area contributed by atoms with Crippen LogP contribution < -0.4 is 5.32 Å². The maximum atomic E-state index is 12.4. The molecule has 1 atom stereocenters. The van der Waals surface area contributed by atoms with E-state index in [1.165, 1.54) is 7.11 Å². The standard InChI is InChI=1S/C17H21NO5/c1-6-22-17(20)14-11(4)18-10(3)13(16(19)21-5)15(14)12-8-7-9(2)23-12/h7-8,15,18H,6H2,1-5H3/t15-/m1/s1. The smallest absolute Gasteiger partial charge is 0.336 e. The summed E-state index contributed by atoms with van der Waals surface area (Å²) in [5, 5.41) is 3.06. The second-order valence-corrected chi connectivity index (χ2v) is 5.30. The molecule has 0 aliphatic carbocycles. The molecule has 124 valence electrons. The molecule has 1 aliphatic rings. The van der Waals surface area contributed by atoms with Crippen LogP contribution in [0.25, 0.3) is 0 Å². The van der Waals surface area contributed by atoms with Crippen LogP contribution in [0.15, 0.2) is 39.1 Å². The molecular weight excluding hydrogens is 298 g/mol. The molecule has 1 aromatic rings. The Balaban J connectivity index is 2.61. The Labute approximate surface area is 135 Å². The number of allylic oxidation sites excluding steroid dienone is 2. The van der Waals surface area contributed by atoms with Crippen LogP contribution in [0.3, 0.4) is 0 Å². The van der Waals surface area contributed by atoms with Crippen molar-refractivity contribution in [1.29, 1.82) is 0 Å². The van der Waals surface area contributed by atoms with Crippen LogP contribution in [0.1, 0.15) is 38.2 Å². The number of hydrogen-bond donors (Lipinski definition) is 1. The molecule has 0 saturated carbocycles. The van der Waals surface area contributed by atoms with Crippen molar-refractivity contribution in [3.63, 3.8) is 0 Å². The van der Waals surface area contributed by atoms with Gasteiger partial charge in [0.15, 0.2) is 0 Å². The van der Waals surface area contributed by atoms with Gasteiger partial charge in [-0.15, -0.1) is 0 Å². The predicted octanol–water partition coefficient (Wildman–Crippen LogP) is 2.56. The highest BCUT2D eigenvalue weighted by atomic mass is 16.5. The van der Waals surface area contributed by atoms with Crippen molar-refractivity contribution in [2.75, 3.05) is 13.7 Å². The molecule has 0 amide bonds. The van der Waals surface area contributed by atoms with E-state index in [1.54, 1.807) is 39.8 Å². The number of furan rings is 1. The maximum Gasteiger partial charge on any atom is 0.336 e. The lowest BCUT2D eigenvalue weighted by atomic mass is 9.83. The number of aryl methyl sites for hydroxylation is 1. The fraction of sp³-hybridized carbons (Fsp3) is 0.412. The van der Waals surface area contributed by atoms with Gasteiger partial charge in [-0.1, -0.05) is 0 Å². The lowest BCUT2D eigenvalue weighted by molar-refractivity contribution is -0.139. The lowest BCUT2D eigenvalue weighted by Gasteiger charge is -2.28. The van der Waals surface area contributed by atoms with E-state index in [0.29, 0.717) is 34.1 Å². The van der Waals surface area contributed by atoms with Gasteiger partial charge in [-0.25, -0.2) is 9.59 Å². The minimum absolute atomic E-state index is 0.246. The van der Waals surface area contributed by atoms with E-state index in [1.807, 2.05) is 0 Å². The largest absolute Gasteiger partial charge is 0.466 e. The SMILES string of the molecule is CCOC(=O)C1=C(C)NC(C)=C(C(=O)OC)[C@H]1c1ccc(C)o1. The molecule has 2 rings (SSSR count). The van der Waals surface area contributed by atoms with Gasteiger partial charge in [-0.2, -0.15) is 0 Å². The summed E-state index contributed by atoms with van der Waals surface area (Å²) in [6.45, 7) is 7.32. The Morgan fingerprint density at radius 3 is 2.22 bits per heavy atom. The van der Waals surface area contributed by atoms with Crippen LogP contribution in [0.2, 0.25) is 0 Å².